The van der Waals surface area contributed by atoms with Crippen LogP contribution >= 0.6 is 0 Å². The molecule has 1 aliphatic carbocycles. The molecule has 3 rings (SSSR count). The van der Waals surface area contributed by atoms with Crippen LogP contribution in [0.2, 0.25) is 0 Å². The van der Waals surface area contributed by atoms with E-state index in [0.717, 1.165) is 35.3 Å². The van der Waals surface area contributed by atoms with E-state index in [0.29, 0.717) is 12.8 Å². The van der Waals surface area contributed by atoms with E-state index >= 15 is 0 Å². The topological polar surface area (TPSA) is 75.6 Å². The van der Waals surface area contributed by atoms with E-state index in [1.807, 2.05) is 55.5 Å². The highest BCUT2D eigenvalue weighted by atomic mass is 16.5. The van der Waals surface area contributed by atoms with Crippen LogP contribution in [-0.4, -0.2) is 24.1 Å². The van der Waals surface area contributed by atoms with Crippen LogP contribution in [0, 0.1) is 11.8 Å². The first-order chi connectivity index (χ1) is 13.5. The van der Waals surface area contributed by atoms with Crippen LogP contribution in [0.3, 0.4) is 0 Å². The summed E-state index contributed by atoms with van der Waals surface area (Å²) in [5.74, 6) is -0.642. The number of hydrogen-bond donors (Lipinski definition) is 2. The van der Waals surface area contributed by atoms with Gasteiger partial charge in [0.15, 0.2) is 0 Å². The van der Waals surface area contributed by atoms with Gasteiger partial charge in [0.2, 0.25) is 5.91 Å². The minimum Gasteiger partial charge on any atom is -0.496 e. The Morgan fingerprint density at radius 2 is 1.75 bits per heavy atom. The minimum absolute atomic E-state index is 0.0488. The van der Waals surface area contributed by atoms with Crippen molar-refractivity contribution in [2.45, 2.75) is 38.6 Å². The van der Waals surface area contributed by atoms with Gasteiger partial charge in [0.25, 0.3) is 0 Å². The molecule has 0 heterocycles. The first-order valence-electron chi connectivity index (χ1n) is 9.76. The van der Waals surface area contributed by atoms with Crippen molar-refractivity contribution in [3.8, 4) is 16.9 Å². The molecule has 1 amide bonds. The van der Waals surface area contributed by atoms with E-state index in [1.165, 1.54) is 0 Å². The molecule has 2 aromatic rings. The fourth-order valence-electron chi connectivity index (χ4n) is 3.90. The molecule has 2 N–H and O–H groups in total. The predicted molar refractivity (Wildman–Crippen MR) is 108 cm³/mol. The second-order valence-electron chi connectivity index (χ2n) is 7.45. The molecular formula is C23H27NO4. The maximum absolute atomic E-state index is 12.6. The summed E-state index contributed by atoms with van der Waals surface area (Å²) in [6.07, 6.45) is 2.64. The lowest BCUT2D eigenvalue weighted by molar-refractivity contribution is -0.144. The molecule has 0 radical (unpaired) electrons. The Bertz CT molecular complexity index is 831. The van der Waals surface area contributed by atoms with Gasteiger partial charge in [0.1, 0.15) is 5.75 Å². The number of amides is 1. The first kappa shape index (κ1) is 19.9. The number of ether oxygens (including phenoxy) is 1. The number of rotatable bonds is 6. The van der Waals surface area contributed by atoms with E-state index in [1.54, 1.807) is 7.11 Å². The zero-order valence-electron chi connectivity index (χ0n) is 16.4. The highest BCUT2D eigenvalue weighted by molar-refractivity contribution is 5.80. The van der Waals surface area contributed by atoms with Crippen molar-refractivity contribution in [1.29, 1.82) is 0 Å². The molecule has 148 valence electrons. The lowest BCUT2D eigenvalue weighted by atomic mass is 9.81. The third-order valence-electron chi connectivity index (χ3n) is 5.58. The minimum atomic E-state index is -0.794. The van der Waals surface area contributed by atoms with E-state index in [9.17, 15) is 14.7 Å². The maximum Gasteiger partial charge on any atom is 0.306 e. The molecule has 0 bridgehead atoms. The number of carbonyl (C=O) groups is 2. The van der Waals surface area contributed by atoms with Gasteiger partial charge in [-0.25, -0.2) is 0 Å². The molecule has 0 aliphatic heterocycles. The normalized spacial score (nSPS) is 20.2. The summed E-state index contributed by atoms with van der Waals surface area (Å²) in [5, 5.41) is 12.3. The van der Waals surface area contributed by atoms with Crippen LogP contribution in [0.15, 0.2) is 48.5 Å². The number of carbonyl (C=O) groups excluding carboxylic acids is 1. The summed E-state index contributed by atoms with van der Waals surface area (Å²) in [4.78, 5) is 23.8. The molecule has 5 heteroatoms. The zero-order valence-corrected chi connectivity index (χ0v) is 16.4. The van der Waals surface area contributed by atoms with Gasteiger partial charge in [-0.05, 0) is 43.4 Å². The molecule has 28 heavy (non-hydrogen) atoms. The van der Waals surface area contributed by atoms with Crippen LogP contribution in [0.5, 0.6) is 5.75 Å². The van der Waals surface area contributed by atoms with Gasteiger partial charge in [-0.15, -0.1) is 0 Å². The first-order valence-corrected chi connectivity index (χ1v) is 9.76. The number of aliphatic carboxylic acids is 1. The van der Waals surface area contributed by atoms with Crippen LogP contribution in [0.25, 0.3) is 11.1 Å². The molecule has 3 unspecified atom stereocenters. The van der Waals surface area contributed by atoms with Gasteiger partial charge in [-0.1, -0.05) is 48.9 Å². The quantitative estimate of drug-likeness (QED) is 0.776. The van der Waals surface area contributed by atoms with Crippen LogP contribution in [-0.2, 0) is 9.59 Å². The van der Waals surface area contributed by atoms with Gasteiger partial charge in [0.05, 0.1) is 19.1 Å². The Kier molecular flexibility index (Phi) is 6.34. The lowest BCUT2D eigenvalue weighted by Gasteiger charge is -2.27. The summed E-state index contributed by atoms with van der Waals surface area (Å²) in [7, 11) is 1.66. The van der Waals surface area contributed by atoms with Crippen LogP contribution in [0.1, 0.15) is 44.2 Å². The summed E-state index contributed by atoms with van der Waals surface area (Å²) in [6.45, 7) is 1.95. The highest BCUT2D eigenvalue weighted by Crippen LogP contribution is 2.31. The van der Waals surface area contributed by atoms with Gasteiger partial charge < -0.3 is 15.2 Å². The predicted octanol–water partition coefficient (Wildman–Crippen LogP) is 4.43. The number of para-hydroxylation sites is 1. The molecule has 3 atom stereocenters. The largest absolute Gasteiger partial charge is 0.496 e. The number of carboxylic acid groups (broad SMARTS) is 1. The fraction of sp³-hybridized carbons (Fsp3) is 0.391. The van der Waals surface area contributed by atoms with Gasteiger partial charge in [-0.2, -0.15) is 0 Å². The number of nitrogens with one attached hydrogen (secondary N) is 1. The Morgan fingerprint density at radius 3 is 2.43 bits per heavy atom. The molecule has 5 nitrogen and oxygen atoms in total. The average molecular weight is 381 g/mol. The number of hydrogen-bond acceptors (Lipinski definition) is 3. The van der Waals surface area contributed by atoms with E-state index in [-0.39, 0.29) is 17.9 Å². The van der Waals surface area contributed by atoms with E-state index in [4.69, 9.17) is 4.74 Å². The Labute approximate surface area is 165 Å². The van der Waals surface area contributed by atoms with Crippen molar-refractivity contribution >= 4 is 11.9 Å². The van der Waals surface area contributed by atoms with Crippen molar-refractivity contribution < 1.29 is 19.4 Å². The van der Waals surface area contributed by atoms with Gasteiger partial charge in [-0.3, -0.25) is 9.59 Å². The van der Waals surface area contributed by atoms with E-state index in [2.05, 4.69) is 5.32 Å². The van der Waals surface area contributed by atoms with Crippen LogP contribution in [0.4, 0.5) is 0 Å². The molecule has 1 fully saturated rings. The summed E-state index contributed by atoms with van der Waals surface area (Å²) >= 11 is 0. The van der Waals surface area contributed by atoms with Crippen molar-refractivity contribution in [1.82, 2.24) is 5.32 Å². The zero-order chi connectivity index (χ0) is 20.1. The van der Waals surface area contributed by atoms with Crippen LogP contribution < -0.4 is 10.1 Å². The van der Waals surface area contributed by atoms with Crippen molar-refractivity contribution in [2.24, 2.45) is 11.8 Å². The molecule has 0 saturated heterocycles. The summed E-state index contributed by atoms with van der Waals surface area (Å²) in [6, 6.07) is 15.8. The smallest absolute Gasteiger partial charge is 0.306 e. The third-order valence-corrected chi connectivity index (χ3v) is 5.58. The monoisotopic (exact) mass is 381 g/mol. The second kappa shape index (κ2) is 8.91. The fourth-order valence-corrected chi connectivity index (χ4v) is 3.90. The maximum atomic E-state index is 12.6. The molecular weight excluding hydrogens is 354 g/mol. The SMILES string of the molecule is COc1ccccc1-c1ccc(C(C)NC(=O)C2CCCC(C(=O)O)C2)cc1. The van der Waals surface area contributed by atoms with Gasteiger partial charge >= 0.3 is 5.97 Å². The second-order valence-corrected chi connectivity index (χ2v) is 7.45. The number of methoxy groups -OCH3 is 1. The van der Waals surface area contributed by atoms with E-state index < -0.39 is 11.9 Å². The van der Waals surface area contributed by atoms with Crippen molar-refractivity contribution in [3.63, 3.8) is 0 Å². The van der Waals surface area contributed by atoms with Crippen molar-refractivity contribution in [2.75, 3.05) is 7.11 Å². The molecule has 2 aromatic carbocycles. The Balaban J connectivity index is 1.65. The van der Waals surface area contributed by atoms with Crippen molar-refractivity contribution in [3.05, 3.63) is 54.1 Å². The third kappa shape index (κ3) is 4.53. The molecule has 1 saturated carbocycles. The molecule has 0 aromatic heterocycles. The summed E-state index contributed by atoms with van der Waals surface area (Å²) < 4.78 is 5.42. The lowest BCUT2D eigenvalue weighted by Crippen LogP contribution is -2.36. The highest BCUT2D eigenvalue weighted by Gasteiger charge is 2.31. The Morgan fingerprint density at radius 1 is 1.07 bits per heavy atom. The average Bonchev–Trinajstić information content (AvgIpc) is 2.73. The molecule has 0 spiro atoms. The standard InChI is InChI=1S/C23H27NO4/c1-15(24-22(25)18-6-5-7-19(14-18)23(26)27)16-10-12-17(13-11-16)20-8-3-4-9-21(20)28-2/h3-4,8-13,15,18-19H,5-7,14H2,1-2H3,(H,24,25)(H,26,27). The summed E-state index contributed by atoms with van der Waals surface area (Å²) in [5.41, 5.74) is 3.09. The number of carboxylic acids is 1. The number of benzene rings is 2. The molecule has 1 aliphatic rings. The van der Waals surface area contributed by atoms with Gasteiger partial charge in [0, 0.05) is 11.5 Å². The Hall–Kier alpha value is -2.82.